The number of rotatable bonds is 3. The highest BCUT2D eigenvalue weighted by Crippen LogP contribution is 2.40. The van der Waals surface area contributed by atoms with Gasteiger partial charge in [0.2, 0.25) is 11.8 Å². The summed E-state index contributed by atoms with van der Waals surface area (Å²) in [6, 6.07) is 21.1. The van der Waals surface area contributed by atoms with E-state index < -0.39 is 0 Å². The fraction of sp³-hybridized carbons (Fsp3) is 0.391. The summed E-state index contributed by atoms with van der Waals surface area (Å²) in [7, 11) is 0. The van der Waals surface area contributed by atoms with Crippen LogP contribution in [0.2, 0.25) is 0 Å². The van der Waals surface area contributed by atoms with E-state index in [2.05, 4.69) is 53.8 Å². The van der Waals surface area contributed by atoms with E-state index in [4.69, 9.17) is 0 Å². The Morgan fingerprint density at radius 2 is 1.63 bits per heavy atom. The topological polar surface area (TPSA) is 49.4 Å². The Morgan fingerprint density at radius 1 is 1.00 bits per heavy atom. The molecule has 0 spiro atoms. The van der Waals surface area contributed by atoms with Gasteiger partial charge in [0.25, 0.3) is 0 Å². The molecule has 1 N–H and O–H groups in total. The van der Waals surface area contributed by atoms with Crippen molar-refractivity contribution in [2.24, 2.45) is 5.92 Å². The Morgan fingerprint density at radius 3 is 2.19 bits per heavy atom. The van der Waals surface area contributed by atoms with Crippen molar-refractivity contribution in [3.63, 3.8) is 0 Å². The first-order valence-corrected chi connectivity index (χ1v) is 9.86. The van der Waals surface area contributed by atoms with Crippen molar-refractivity contribution in [3.05, 3.63) is 71.8 Å². The maximum Gasteiger partial charge on any atom is 0.227 e. The third-order valence-corrected chi connectivity index (χ3v) is 6.07. The van der Waals surface area contributed by atoms with E-state index in [-0.39, 0.29) is 23.1 Å². The molecule has 2 aromatic rings. The third-order valence-electron chi connectivity index (χ3n) is 6.07. The van der Waals surface area contributed by atoms with E-state index in [1.165, 1.54) is 11.1 Å². The van der Waals surface area contributed by atoms with Crippen molar-refractivity contribution >= 4 is 11.8 Å². The predicted octanol–water partition coefficient (Wildman–Crippen LogP) is 3.12. The molecule has 4 rings (SSSR count). The molecule has 2 aliphatic heterocycles. The SMILES string of the molecule is O=C1CC[C@H](C(=O)N2CCCC(c3ccccc3)(c3ccccc3)C2)CN1. The quantitative estimate of drug-likeness (QED) is 0.912. The van der Waals surface area contributed by atoms with Crippen LogP contribution in [0.5, 0.6) is 0 Å². The maximum atomic E-state index is 13.2. The van der Waals surface area contributed by atoms with Gasteiger partial charge in [-0.1, -0.05) is 60.7 Å². The van der Waals surface area contributed by atoms with E-state index in [9.17, 15) is 9.59 Å². The standard InChI is InChI=1S/C23H26N2O2/c26-21-13-12-18(16-24-21)22(27)25-15-7-14-23(17-25,19-8-3-1-4-9-19)20-10-5-2-6-11-20/h1-6,8-11,18H,7,12-17H2,(H,24,26)/t18-/m0/s1. The number of carbonyl (C=O) groups excluding carboxylic acids is 2. The van der Waals surface area contributed by atoms with Gasteiger partial charge in [0.1, 0.15) is 0 Å². The highest BCUT2D eigenvalue weighted by Gasteiger charge is 2.41. The Labute approximate surface area is 160 Å². The lowest BCUT2D eigenvalue weighted by Crippen LogP contribution is -2.52. The van der Waals surface area contributed by atoms with Gasteiger partial charge >= 0.3 is 0 Å². The number of benzene rings is 2. The van der Waals surface area contributed by atoms with E-state index >= 15 is 0 Å². The fourth-order valence-corrected chi connectivity index (χ4v) is 4.60. The average Bonchev–Trinajstić information content (AvgIpc) is 2.75. The van der Waals surface area contributed by atoms with Crippen LogP contribution in [0.25, 0.3) is 0 Å². The molecule has 2 aliphatic rings. The second-order valence-corrected chi connectivity index (χ2v) is 7.72. The number of likely N-dealkylation sites (tertiary alicyclic amines) is 1. The molecule has 0 aromatic heterocycles. The zero-order valence-electron chi connectivity index (χ0n) is 15.6. The van der Waals surface area contributed by atoms with Gasteiger partial charge in [-0.3, -0.25) is 9.59 Å². The van der Waals surface area contributed by atoms with Gasteiger partial charge in [-0.05, 0) is 30.4 Å². The first-order chi connectivity index (χ1) is 13.2. The van der Waals surface area contributed by atoms with E-state index in [1.54, 1.807) is 0 Å². The Kier molecular flexibility index (Phi) is 4.97. The Hall–Kier alpha value is -2.62. The van der Waals surface area contributed by atoms with Gasteiger partial charge in [0.05, 0.1) is 5.92 Å². The smallest absolute Gasteiger partial charge is 0.227 e. The number of amides is 2. The molecule has 4 nitrogen and oxygen atoms in total. The molecule has 0 bridgehead atoms. The van der Waals surface area contributed by atoms with E-state index in [0.717, 1.165) is 19.4 Å². The minimum absolute atomic E-state index is 0.0561. The molecule has 2 heterocycles. The van der Waals surface area contributed by atoms with Crippen LogP contribution < -0.4 is 5.32 Å². The van der Waals surface area contributed by atoms with Crippen molar-refractivity contribution in [1.82, 2.24) is 10.2 Å². The molecule has 2 amide bonds. The summed E-state index contributed by atoms with van der Waals surface area (Å²) in [6.07, 6.45) is 3.12. The third kappa shape index (κ3) is 3.48. The normalized spacial score (nSPS) is 22.1. The zero-order chi connectivity index (χ0) is 18.7. The molecule has 2 aromatic carbocycles. The van der Waals surface area contributed by atoms with E-state index in [1.807, 2.05) is 17.0 Å². The Balaban J connectivity index is 1.64. The molecule has 0 aliphatic carbocycles. The molecule has 1 atom stereocenters. The second kappa shape index (κ2) is 7.55. The van der Waals surface area contributed by atoms with E-state index in [0.29, 0.717) is 25.9 Å². The molecule has 2 fully saturated rings. The molecule has 0 saturated carbocycles. The minimum Gasteiger partial charge on any atom is -0.355 e. The largest absolute Gasteiger partial charge is 0.355 e. The van der Waals surface area contributed by atoms with Crippen molar-refractivity contribution < 1.29 is 9.59 Å². The molecule has 0 unspecified atom stereocenters. The molecular weight excluding hydrogens is 336 g/mol. The maximum absolute atomic E-state index is 13.2. The molecule has 140 valence electrons. The predicted molar refractivity (Wildman–Crippen MR) is 105 cm³/mol. The highest BCUT2D eigenvalue weighted by molar-refractivity contribution is 5.84. The minimum atomic E-state index is -0.172. The van der Waals surface area contributed by atoms with Crippen molar-refractivity contribution in [1.29, 1.82) is 0 Å². The van der Waals surface area contributed by atoms with Crippen LogP contribution >= 0.6 is 0 Å². The lowest BCUT2D eigenvalue weighted by Gasteiger charge is -2.45. The summed E-state index contributed by atoms with van der Waals surface area (Å²) in [5.41, 5.74) is 2.37. The summed E-state index contributed by atoms with van der Waals surface area (Å²) in [5, 5.41) is 2.85. The molecule has 4 heteroatoms. The summed E-state index contributed by atoms with van der Waals surface area (Å²) in [6.45, 7) is 1.97. The van der Waals surface area contributed by atoms with Gasteiger partial charge in [-0.15, -0.1) is 0 Å². The van der Waals surface area contributed by atoms with Crippen molar-refractivity contribution in [3.8, 4) is 0 Å². The molecular formula is C23H26N2O2. The molecule has 27 heavy (non-hydrogen) atoms. The lowest BCUT2D eigenvalue weighted by atomic mass is 9.69. The summed E-state index contributed by atoms with van der Waals surface area (Å²) < 4.78 is 0. The fourth-order valence-electron chi connectivity index (χ4n) is 4.60. The summed E-state index contributed by atoms with van der Waals surface area (Å²) in [4.78, 5) is 26.7. The number of nitrogens with one attached hydrogen (secondary N) is 1. The van der Waals surface area contributed by atoms with Gasteiger partial charge < -0.3 is 10.2 Å². The van der Waals surface area contributed by atoms with Crippen LogP contribution in [0, 0.1) is 5.92 Å². The summed E-state index contributed by atoms with van der Waals surface area (Å²) in [5.74, 6) is 0.150. The number of hydrogen-bond donors (Lipinski definition) is 1. The van der Waals surface area contributed by atoms with Gasteiger partial charge in [0, 0.05) is 31.5 Å². The summed E-state index contributed by atoms with van der Waals surface area (Å²) >= 11 is 0. The van der Waals surface area contributed by atoms with Crippen LogP contribution in [0.3, 0.4) is 0 Å². The highest BCUT2D eigenvalue weighted by atomic mass is 16.2. The van der Waals surface area contributed by atoms with Crippen molar-refractivity contribution in [2.75, 3.05) is 19.6 Å². The average molecular weight is 362 g/mol. The van der Waals surface area contributed by atoms with Crippen LogP contribution in [0.4, 0.5) is 0 Å². The first-order valence-electron chi connectivity index (χ1n) is 9.86. The zero-order valence-corrected chi connectivity index (χ0v) is 15.6. The number of hydrogen-bond acceptors (Lipinski definition) is 2. The lowest BCUT2D eigenvalue weighted by molar-refractivity contribution is -0.139. The van der Waals surface area contributed by atoms with Crippen LogP contribution in [0.15, 0.2) is 60.7 Å². The number of nitrogens with zero attached hydrogens (tertiary/aromatic N) is 1. The van der Waals surface area contributed by atoms with Crippen LogP contribution in [0.1, 0.15) is 36.8 Å². The van der Waals surface area contributed by atoms with Crippen LogP contribution in [-0.2, 0) is 15.0 Å². The molecule has 2 saturated heterocycles. The number of carbonyl (C=O) groups is 2. The second-order valence-electron chi connectivity index (χ2n) is 7.72. The Bertz CT molecular complexity index is 754. The van der Waals surface area contributed by atoms with Gasteiger partial charge in [-0.2, -0.15) is 0 Å². The van der Waals surface area contributed by atoms with Gasteiger partial charge in [0.15, 0.2) is 0 Å². The van der Waals surface area contributed by atoms with Crippen LogP contribution in [-0.4, -0.2) is 36.3 Å². The van der Waals surface area contributed by atoms with Gasteiger partial charge in [-0.25, -0.2) is 0 Å². The molecule has 0 radical (unpaired) electrons. The first kappa shape index (κ1) is 17.8. The monoisotopic (exact) mass is 362 g/mol. The van der Waals surface area contributed by atoms with Crippen molar-refractivity contribution in [2.45, 2.75) is 31.1 Å². The number of piperidine rings is 2.